The van der Waals surface area contributed by atoms with Crippen molar-refractivity contribution in [3.63, 3.8) is 0 Å². The normalized spacial score (nSPS) is 18.8. The zero-order valence-electron chi connectivity index (χ0n) is 16.6. The quantitative estimate of drug-likeness (QED) is 0.714. The van der Waals surface area contributed by atoms with Crippen LogP contribution in [0.1, 0.15) is 22.6 Å². The highest BCUT2D eigenvalue weighted by Crippen LogP contribution is 2.38. The molecular formula is C22H30Cl2N2O2. The fraction of sp³-hybridized carbons (Fsp3) is 0.455. The zero-order chi connectivity index (χ0) is 17.9. The number of hydrogen-bond donors (Lipinski definition) is 0. The van der Waals surface area contributed by atoms with Crippen LogP contribution in [0.4, 0.5) is 5.69 Å². The Morgan fingerprint density at radius 1 is 1.07 bits per heavy atom. The molecule has 6 heteroatoms. The van der Waals surface area contributed by atoms with Gasteiger partial charge in [0, 0.05) is 49.9 Å². The summed E-state index contributed by atoms with van der Waals surface area (Å²) < 4.78 is 11.1. The molecular weight excluding hydrogens is 395 g/mol. The van der Waals surface area contributed by atoms with E-state index in [0.717, 1.165) is 51.7 Å². The smallest absolute Gasteiger partial charge is 0.123 e. The number of benzene rings is 2. The lowest BCUT2D eigenvalue weighted by atomic mass is 10.0. The highest BCUT2D eigenvalue weighted by atomic mass is 35.5. The van der Waals surface area contributed by atoms with Crippen molar-refractivity contribution < 1.29 is 9.47 Å². The Morgan fingerprint density at radius 3 is 2.57 bits per heavy atom. The lowest BCUT2D eigenvalue weighted by Crippen LogP contribution is -2.39. The van der Waals surface area contributed by atoms with E-state index < -0.39 is 0 Å². The Kier molecular flexibility index (Phi) is 8.44. The van der Waals surface area contributed by atoms with Crippen LogP contribution in [0.3, 0.4) is 0 Å². The number of aryl methyl sites for hydroxylation is 1. The number of morpholine rings is 1. The van der Waals surface area contributed by atoms with Gasteiger partial charge < -0.3 is 14.4 Å². The first-order chi connectivity index (χ1) is 12.7. The summed E-state index contributed by atoms with van der Waals surface area (Å²) in [5.41, 5.74) is 5.38. The van der Waals surface area contributed by atoms with E-state index in [9.17, 15) is 0 Å². The minimum Gasteiger partial charge on any atom is -0.496 e. The van der Waals surface area contributed by atoms with E-state index in [1.165, 1.54) is 22.4 Å². The molecule has 0 N–H and O–H groups in total. The number of nitrogens with zero attached hydrogens (tertiary/aromatic N) is 2. The van der Waals surface area contributed by atoms with E-state index >= 15 is 0 Å². The molecule has 154 valence electrons. The second-order valence-corrected chi connectivity index (χ2v) is 7.36. The van der Waals surface area contributed by atoms with Crippen LogP contribution in [0.5, 0.6) is 5.75 Å². The Labute approximate surface area is 180 Å². The van der Waals surface area contributed by atoms with E-state index in [0.29, 0.717) is 5.92 Å². The highest BCUT2D eigenvalue weighted by molar-refractivity contribution is 5.85. The Balaban J connectivity index is 0.00000140. The highest BCUT2D eigenvalue weighted by Gasteiger charge is 2.30. The molecule has 1 fully saturated rings. The van der Waals surface area contributed by atoms with E-state index in [-0.39, 0.29) is 24.8 Å². The van der Waals surface area contributed by atoms with Gasteiger partial charge in [-0.3, -0.25) is 4.90 Å². The zero-order valence-corrected chi connectivity index (χ0v) is 18.2. The number of fused-ring (bicyclic) bond motifs is 1. The predicted molar refractivity (Wildman–Crippen MR) is 120 cm³/mol. The van der Waals surface area contributed by atoms with Crippen molar-refractivity contribution in [1.82, 2.24) is 4.90 Å². The fourth-order valence-electron chi connectivity index (χ4n) is 4.22. The number of halogens is 2. The van der Waals surface area contributed by atoms with Crippen LogP contribution in [0.25, 0.3) is 0 Å². The number of ether oxygens (including phenoxy) is 2. The molecule has 0 saturated carbocycles. The summed E-state index contributed by atoms with van der Waals surface area (Å²) >= 11 is 0. The molecule has 1 saturated heterocycles. The number of hydrogen-bond acceptors (Lipinski definition) is 4. The number of anilines is 1. The molecule has 0 radical (unpaired) electrons. The molecule has 2 aliphatic rings. The van der Waals surface area contributed by atoms with Gasteiger partial charge >= 0.3 is 0 Å². The molecule has 2 aromatic rings. The second kappa shape index (κ2) is 10.4. The third kappa shape index (κ3) is 4.93. The van der Waals surface area contributed by atoms with Crippen molar-refractivity contribution in [1.29, 1.82) is 0 Å². The van der Waals surface area contributed by atoms with Crippen molar-refractivity contribution in [2.45, 2.75) is 19.4 Å². The van der Waals surface area contributed by atoms with Crippen LogP contribution in [0, 0.1) is 6.92 Å². The standard InChI is InChI=1S/C22H28N2O2.2ClH/c1-17-7-8-22(25-2)18(13-17)15-24-16-19(14-23-9-11-26-12-10-23)20-5-3-4-6-21(20)24;;/h3-8,13,19H,9-12,14-16H2,1-2H3;2*1H. The first kappa shape index (κ1) is 22.8. The van der Waals surface area contributed by atoms with Gasteiger partial charge in [-0.05, 0) is 24.6 Å². The summed E-state index contributed by atoms with van der Waals surface area (Å²) in [6.07, 6.45) is 0. The van der Waals surface area contributed by atoms with E-state index in [4.69, 9.17) is 9.47 Å². The maximum atomic E-state index is 5.60. The third-order valence-corrected chi connectivity index (χ3v) is 5.54. The molecule has 0 aliphatic carbocycles. The van der Waals surface area contributed by atoms with Crippen LogP contribution in [0.2, 0.25) is 0 Å². The summed E-state index contributed by atoms with van der Waals surface area (Å²) in [6, 6.07) is 15.3. The molecule has 1 atom stereocenters. The molecule has 0 amide bonds. The minimum absolute atomic E-state index is 0. The lowest BCUT2D eigenvalue weighted by molar-refractivity contribution is 0.0356. The summed E-state index contributed by atoms with van der Waals surface area (Å²) in [4.78, 5) is 5.05. The molecule has 4 rings (SSSR count). The second-order valence-electron chi connectivity index (χ2n) is 7.36. The molecule has 2 aliphatic heterocycles. The van der Waals surface area contributed by atoms with Gasteiger partial charge in [0.1, 0.15) is 5.75 Å². The predicted octanol–water partition coefficient (Wildman–Crippen LogP) is 4.28. The number of methoxy groups -OCH3 is 1. The SMILES string of the molecule is COc1ccc(C)cc1CN1CC(CN2CCOCC2)c2ccccc21.Cl.Cl. The lowest BCUT2D eigenvalue weighted by Gasteiger charge is -2.29. The van der Waals surface area contributed by atoms with Crippen LogP contribution in [-0.4, -0.2) is 51.4 Å². The maximum absolute atomic E-state index is 5.60. The molecule has 2 aromatic carbocycles. The Morgan fingerprint density at radius 2 is 1.82 bits per heavy atom. The average molecular weight is 425 g/mol. The van der Waals surface area contributed by atoms with Gasteiger partial charge in [-0.1, -0.05) is 35.9 Å². The van der Waals surface area contributed by atoms with Crippen molar-refractivity contribution in [2.24, 2.45) is 0 Å². The van der Waals surface area contributed by atoms with Gasteiger partial charge in [0.15, 0.2) is 0 Å². The molecule has 0 spiro atoms. The van der Waals surface area contributed by atoms with Crippen LogP contribution in [-0.2, 0) is 11.3 Å². The van der Waals surface area contributed by atoms with Gasteiger partial charge in [0.2, 0.25) is 0 Å². The van der Waals surface area contributed by atoms with Crippen LogP contribution < -0.4 is 9.64 Å². The molecule has 0 aromatic heterocycles. The minimum atomic E-state index is 0. The van der Waals surface area contributed by atoms with Crippen molar-refractivity contribution in [3.8, 4) is 5.75 Å². The summed E-state index contributed by atoms with van der Waals surface area (Å²) in [7, 11) is 1.76. The molecule has 28 heavy (non-hydrogen) atoms. The van der Waals surface area contributed by atoms with Crippen molar-refractivity contribution >= 4 is 30.5 Å². The maximum Gasteiger partial charge on any atom is 0.123 e. The number of rotatable bonds is 5. The van der Waals surface area contributed by atoms with Crippen molar-refractivity contribution in [3.05, 3.63) is 59.2 Å². The van der Waals surface area contributed by atoms with Gasteiger partial charge in [-0.2, -0.15) is 0 Å². The van der Waals surface area contributed by atoms with Crippen molar-refractivity contribution in [2.75, 3.05) is 51.4 Å². The average Bonchev–Trinajstić information content (AvgIpc) is 3.00. The largest absolute Gasteiger partial charge is 0.496 e. The van der Waals surface area contributed by atoms with E-state index in [2.05, 4.69) is 59.2 Å². The molecule has 4 nitrogen and oxygen atoms in total. The number of para-hydroxylation sites is 1. The van der Waals surface area contributed by atoms with Gasteiger partial charge in [0.05, 0.1) is 20.3 Å². The first-order valence-corrected chi connectivity index (χ1v) is 9.52. The summed E-state index contributed by atoms with van der Waals surface area (Å²) in [5, 5.41) is 0. The van der Waals surface area contributed by atoms with Gasteiger partial charge in [-0.15, -0.1) is 24.8 Å². The summed E-state index contributed by atoms with van der Waals surface area (Å²) in [6.45, 7) is 9.02. The van der Waals surface area contributed by atoms with E-state index in [1.54, 1.807) is 7.11 Å². The molecule has 0 bridgehead atoms. The van der Waals surface area contributed by atoms with Crippen LogP contribution in [0.15, 0.2) is 42.5 Å². The van der Waals surface area contributed by atoms with Gasteiger partial charge in [-0.25, -0.2) is 0 Å². The molecule has 2 heterocycles. The monoisotopic (exact) mass is 424 g/mol. The molecule has 1 unspecified atom stereocenters. The van der Waals surface area contributed by atoms with Crippen LogP contribution >= 0.6 is 24.8 Å². The Hall–Kier alpha value is -1.46. The topological polar surface area (TPSA) is 24.9 Å². The Bertz CT molecular complexity index is 766. The summed E-state index contributed by atoms with van der Waals surface area (Å²) in [5.74, 6) is 1.53. The third-order valence-electron chi connectivity index (χ3n) is 5.54. The van der Waals surface area contributed by atoms with Gasteiger partial charge in [0.25, 0.3) is 0 Å². The fourth-order valence-corrected chi connectivity index (χ4v) is 4.22. The van der Waals surface area contributed by atoms with E-state index in [1.807, 2.05) is 0 Å². The first-order valence-electron chi connectivity index (χ1n) is 9.52.